The number of rotatable bonds is 4. The van der Waals surface area contributed by atoms with Gasteiger partial charge in [0.25, 0.3) is 0 Å². The van der Waals surface area contributed by atoms with E-state index in [2.05, 4.69) is 15.9 Å². The largest absolute Gasteiger partial charge is 0.311 e. The molecule has 1 aliphatic heterocycles. The summed E-state index contributed by atoms with van der Waals surface area (Å²) < 4.78 is 23.0. The van der Waals surface area contributed by atoms with Crippen LogP contribution in [0.2, 0.25) is 5.02 Å². The fourth-order valence-electron chi connectivity index (χ4n) is 2.31. The third-order valence-electron chi connectivity index (χ3n) is 3.12. The summed E-state index contributed by atoms with van der Waals surface area (Å²) in [6.45, 7) is 0.242. The molecule has 1 amide bonds. The predicted octanol–water partition coefficient (Wildman–Crippen LogP) is 2.32. The van der Waals surface area contributed by atoms with Gasteiger partial charge in [0.2, 0.25) is 15.9 Å². The van der Waals surface area contributed by atoms with E-state index in [1.165, 1.54) is 4.90 Å². The number of sulfonamides is 1. The molecule has 22 heavy (non-hydrogen) atoms. The molecule has 1 unspecified atom stereocenters. The Morgan fingerprint density at radius 2 is 2.23 bits per heavy atom. The van der Waals surface area contributed by atoms with Crippen LogP contribution >= 0.6 is 39.3 Å². The highest BCUT2D eigenvalue weighted by Crippen LogP contribution is 2.38. The van der Waals surface area contributed by atoms with Gasteiger partial charge in [0.15, 0.2) is 0 Å². The number of halogens is 2. The van der Waals surface area contributed by atoms with Crippen molar-refractivity contribution >= 4 is 60.9 Å². The monoisotopic (exact) mass is 423 g/mol. The number of nitrogens with zero attached hydrogens (tertiary/aromatic N) is 2. The number of anilines is 1. The van der Waals surface area contributed by atoms with Crippen LogP contribution in [0.3, 0.4) is 0 Å². The number of amides is 1. The Morgan fingerprint density at radius 1 is 1.55 bits per heavy atom. The minimum Gasteiger partial charge on any atom is -0.311 e. The van der Waals surface area contributed by atoms with Crippen LogP contribution in [0.4, 0.5) is 5.69 Å². The smallest absolute Gasteiger partial charge is 0.227 e. The van der Waals surface area contributed by atoms with E-state index in [9.17, 15) is 13.2 Å². The average Bonchev–Trinajstić information content (AvgIpc) is 2.72. The first kappa shape index (κ1) is 17.6. The van der Waals surface area contributed by atoms with Crippen molar-refractivity contribution in [3.63, 3.8) is 0 Å². The van der Waals surface area contributed by atoms with Gasteiger partial charge in [-0.15, -0.1) is 0 Å². The van der Waals surface area contributed by atoms with Gasteiger partial charge in [0.05, 0.1) is 16.5 Å². The molecule has 0 bridgehead atoms. The Hall–Kier alpha value is -0.790. The van der Waals surface area contributed by atoms with Crippen molar-refractivity contribution in [3.8, 4) is 5.40 Å². The van der Waals surface area contributed by atoms with E-state index < -0.39 is 10.0 Å². The molecule has 0 aromatic heterocycles. The van der Waals surface area contributed by atoms with E-state index in [-0.39, 0.29) is 30.5 Å². The SMILES string of the molecule is N#CSc1cc(Cl)c(N2CC(CS(N)(=O)=O)CC2=O)cc1Br. The molecular formula is C12H11BrClN3O3S2. The molecule has 2 N–H and O–H groups in total. The van der Waals surface area contributed by atoms with Crippen molar-refractivity contribution in [1.82, 2.24) is 0 Å². The summed E-state index contributed by atoms with van der Waals surface area (Å²) in [4.78, 5) is 14.2. The predicted molar refractivity (Wildman–Crippen MR) is 89.1 cm³/mol. The molecule has 1 aromatic rings. The summed E-state index contributed by atoms with van der Waals surface area (Å²) in [5.41, 5.74) is 0.484. The highest BCUT2D eigenvalue weighted by atomic mass is 79.9. The second-order valence-electron chi connectivity index (χ2n) is 4.83. The topological polar surface area (TPSA) is 104 Å². The van der Waals surface area contributed by atoms with E-state index in [1.54, 1.807) is 12.1 Å². The first-order valence-electron chi connectivity index (χ1n) is 6.07. The summed E-state index contributed by atoms with van der Waals surface area (Å²) in [7, 11) is -3.63. The van der Waals surface area contributed by atoms with Gasteiger partial charge in [0.1, 0.15) is 5.40 Å². The highest BCUT2D eigenvalue weighted by Gasteiger charge is 2.34. The average molecular weight is 425 g/mol. The number of primary sulfonamides is 1. The van der Waals surface area contributed by atoms with Crippen LogP contribution in [0.1, 0.15) is 6.42 Å². The van der Waals surface area contributed by atoms with E-state index >= 15 is 0 Å². The lowest BCUT2D eigenvalue weighted by molar-refractivity contribution is -0.117. The van der Waals surface area contributed by atoms with Crippen LogP contribution in [0.5, 0.6) is 0 Å². The number of hydrogen-bond acceptors (Lipinski definition) is 5. The highest BCUT2D eigenvalue weighted by molar-refractivity contribution is 9.10. The molecule has 1 aliphatic rings. The van der Waals surface area contributed by atoms with Gasteiger partial charge in [-0.05, 0) is 39.8 Å². The van der Waals surface area contributed by atoms with Gasteiger partial charge in [0, 0.05) is 28.3 Å². The summed E-state index contributed by atoms with van der Waals surface area (Å²) in [6.07, 6.45) is 0.110. The van der Waals surface area contributed by atoms with Crippen LogP contribution in [0, 0.1) is 16.6 Å². The fourth-order valence-corrected chi connectivity index (χ4v) is 4.52. The molecule has 6 nitrogen and oxygen atoms in total. The number of carbonyl (C=O) groups is 1. The Kier molecular flexibility index (Phi) is 5.40. The summed E-state index contributed by atoms with van der Waals surface area (Å²) in [6, 6.07) is 3.24. The number of thiocyanates is 1. The lowest BCUT2D eigenvalue weighted by Gasteiger charge is -2.19. The lowest BCUT2D eigenvalue weighted by Crippen LogP contribution is -2.27. The first-order valence-corrected chi connectivity index (χ1v) is 9.77. The summed E-state index contributed by atoms with van der Waals surface area (Å²) in [5, 5.41) is 16.0. The van der Waals surface area contributed by atoms with Gasteiger partial charge < -0.3 is 4.90 Å². The van der Waals surface area contributed by atoms with Crippen LogP contribution < -0.4 is 10.0 Å². The normalized spacial score (nSPS) is 18.5. The molecule has 0 saturated carbocycles. The molecule has 10 heteroatoms. The van der Waals surface area contributed by atoms with Crippen molar-refractivity contribution in [2.24, 2.45) is 11.1 Å². The third kappa shape index (κ3) is 4.14. The number of hydrogen-bond donors (Lipinski definition) is 1. The van der Waals surface area contributed by atoms with Gasteiger partial charge in [-0.3, -0.25) is 4.79 Å². The minimum absolute atomic E-state index is 0.110. The summed E-state index contributed by atoms with van der Waals surface area (Å²) in [5.74, 6) is -0.801. The van der Waals surface area contributed by atoms with Crippen molar-refractivity contribution in [2.75, 3.05) is 17.2 Å². The molecule has 0 spiro atoms. The van der Waals surface area contributed by atoms with Crippen molar-refractivity contribution in [2.45, 2.75) is 11.3 Å². The molecule has 1 heterocycles. The number of thioether (sulfide) groups is 1. The molecule has 2 rings (SSSR count). The molecule has 118 valence electrons. The quantitative estimate of drug-likeness (QED) is 0.590. The van der Waals surface area contributed by atoms with Gasteiger partial charge in [-0.25, -0.2) is 13.6 Å². The maximum absolute atomic E-state index is 12.1. The molecule has 0 radical (unpaired) electrons. The van der Waals surface area contributed by atoms with Crippen LogP contribution in [0.15, 0.2) is 21.5 Å². The van der Waals surface area contributed by atoms with E-state index in [1.807, 2.05) is 5.40 Å². The molecule has 1 atom stereocenters. The molecule has 0 aliphatic carbocycles. The third-order valence-corrected chi connectivity index (χ3v) is 5.93. The number of benzene rings is 1. The Bertz CT molecular complexity index is 764. The van der Waals surface area contributed by atoms with Crippen molar-refractivity contribution < 1.29 is 13.2 Å². The second kappa shape index (κ2) is 6.76. The summed E-state index contributed by atoms with van der Waals surface area (Å²) >= 11 is 10.5. The van der Waals surface area contributed by atoms with E-state index in [0.717, 1.165) is 11.8 Å². The van der Waals surface area contributed by atoms with Gasteiger partial charge in [-0.2, -0.15) is 5.26 Å². The first-order chi connectivity index (χ1) is 10.2. The maximum Gasteiger partial charge on any atom is 0.227 e. The van der Waals surface area contributed by atoms with Crippen molar-refractivity contribution in [1.29, 1.82) is 5.26 Å². The standard InChI is InChI=1S/C12H11BrClN3O3S2/c13-8-2-10(9(14)3-11(8)21-6-15)17-4-7(1-12(17)18)5-22(16,19)20/h2-3,7H,1,4-5H2,(H2,16,19,20). The second-order valence-corrected chi connectivity index (χ2v) is 8.58. The Morgan fingerprint density at radius 3 is 2.82 bits per heavy atom. The van der Waals surface area contributed by atoms with Gasteiger partial charge >= 0.3 is 0 Å². The zero-order valence-electron chi connectivity index (χ0n) is 11.1. The Balaban J connectivity index is 2.27. The zero-order valence-corrected chi connectivity index (χ0v) is 15.1. The van der Waals surface area contributed by atoms with Crippen LogP contribution in [0.25, 0.3) is 0 Å². The molecule has 1 saturated heterocycles. The van der Waals surface area contributed by atoms with Gasteiger partial charge in [-0.1, -0.05) is 11.6 Å². The van der Waals surface area contributed by atoms with Crippen LogP contribution in [-0.4, -0.2) is 26.6 Å². The van der Waals surface area contributed by atoms with E-state index in [4.69, 9.17) is 22.0 Å². The van der Waals surface area contributed by atoms with E-state index in [0.29, 0.717) is 20.1 Å². The Labute approximate surface area is 145 Å². The minimum atomic E-state index is -3.63. The zero-order chi connectivity index (χ0) is 16.5. The number of nitriles is 1. The maximum atomic E-state index is 12.1. The lowest BCUT2D eigenvalue weighted by atomic mass is 10.1. The fraction of sp³-hybridized carbons (Fsp3) is 0.333. The van der Waals surface area contributed by atoms with Crippen LogP contribution in [-0.2, 0) is 14.8 Å². The van der Waals surface area contributed by atoms with Crippen molar-refractivity contribution in [3.05, 3.63) is 21.6 Å². The number of nitrogens with two attached hydrogens (primary N) is 1. The molecule has 1 fully saturated rings. The number of carbonyl (C=O) groups excluding carboxylic acids is 1. The molecular weight excluding hydrogens is 414 g/mol. The molecule has 1 aromatic carbocycles.